The Morgan fingerprint density at radius 3 is 2.47 bits per heavy atom. The van der Waals surface area contributed by atoms with E-state index >= 15 is 0 Å². The highest BCUT2D eigenvalue weighted by Gasteiger charge is 2.17. The molecule has 0 atom stereocenters. The minimum absolute atomic E-state index is 0.0105. The molecule has 102 valence electrons. The number of H-pyrrole nitrogens is 1. The van der Waals surface area contributed by atoms with Gasteiger partial charge in [-0.25, -0.2) is 0 Å². The average molecular weight is 278 g/mol. The lowest BCUT2D eigenvalue weighted by Gasteiger charge is -2.12. The second-order valence-electron chi connectivity index (χ2n) is 4.49. The van der Waals surface area contributed by atoms with Crippen molar-refractivity contribution in [2.45, 2.75) is 40.8 Å². The lowest BCUT2D eigenvalue weighted by Crippen LogP contribution is -2.25. The van der Waals surface area contributed by atoms with Crippen LogP contribution >= 0.6 is 12.2 Å². The number of nitrogens with one attached hydrogen (secondary N) is 1. The standard InChI is InChI=1S/C13H18N4OS/c1-5-16-9(4)7-8(3)10(12(16)18)11-14-15-13(19)17(11)6-2/h7H,5-6H2,1-4H3,(H,15,19). The third-order valence-electron chi connectivity index (χ3n) is 3.32. The topological polar surface area (TPSA) is 55.6 Å². The van der Waals surface area contributed by atoms with E-state index in [9.17, 15) is 4.79 Å². The molecule has 0 radical (unpaired) electrons. The Kier molecular flexibility index (Phi) is 3.71. The highest BCUT2D eigenvalue weighted by atomic mass is 32.1. The Balaban J connectivity index is 2.83. The Morgan fingerprint density at radius 1 is 1.26 bits per heavy atom. The molecule has 6 heteroatoms. The van der Waals surface area contributed by atoms with Crippen molar-refractivity contribution in [3.05, 3.63) is 32.4 Å². The fraction of sp³-hybridized carbons (Fsp3) is 0.462. The summed E-state index contributed by atoms with van der Waals surface area (Å²) in [6, 6.07) is 2.01. The van der Waals surface area contributed by atoms with Crippen LogP contribution in [0, 0.1) is 18.6 Å². The first kappa shape index (κ1) is 13.7. The summed E-state index contributed by atoms with van der Waals surface area (Å²) < 4.78 is 4.13. The lowest BCUT2D eigenvalue weighted by molar-refractivity contribution is 0.695. The number of nitrogens with zero attached hydrogens (tertiary/aromatic N) is 3. The van der Waals surface area contributed by atoms with Gasteiger partial charge in [-0.1, -0.05) is 0 Å². The Labute approximate surface area is 116 Å². The Hall–Kier alpha value is -1.69. The van der Waals surface area contributed by atoms with Gasteiger partial charge in [-0.3, -0.25) is 9.89 Å². The number of aryl methyl sites for hydroxylation is 2. The van der Waals surface area contributed by atoms with E-state index < -0.39 is 0 Å². The van der Waals surface area contributed by atoms with Crippen molar-refractivity contribution in [1.82, 2.24) is 19.3 Å². The SMILES string of the molecule is CCn1c(-c2c(C)cc(C)n(CC)c2=O)n[nH]c1=S. The van der Waals surface area contributed by atoms with Crippen LogP contribution in [0.15, 0.2) is 10.9 Å². The van der Waals surface area contributed by atoms with Gasteiger partial charge in [-0.2, -0.15) is 5.10 Å². The number of rotatable bonds is 3. The van der Waals surface area contributed by atoms with Gasteiger partial charge in [-0.05, 0) is 51.5 Å². The fourth-order valence-corrected chi connectivity index (χ4v) is 2.66. The highest BCUT2D eigenvalue weighted by molar-refractivity contribution is 7.71. The normalized spacial score (nSPS) is 10.9. The van der Waals surface area contributed by atoms with E-state index in [0.717, 1.165) is 11.3 Å². The van der Waals surface area contributed by atoms with Gasteiger partial charge in [0.2, 0.25) is 0 Å². The minimum atomic E-state index is -0.0105. The Bertz CT molecular complexity index is 723. The van der Waals surface area contributed by atoms with Crippen LogP contribution in [-0.2, 0) is 13.1 Å². The molecule has 1 N–H and O–H groups in total. The van der Waals surface area contributed by atoms with Crippen molar-refractivity contribution in [2.75, 3.05) is 0 Å². The molecule has 0 saturated heterocycles. The van der Waals surface area contributed by atoms with Crippen LogP contribution in [0.4, 0.5) is 0 Å². The molecule has 0 aliphatic carbocycles. The molecule has 0 bridgehead atoms. The summed E-state index contributed by atoms with van der Waals surface area (Å²) in [7, 11) is 0. The summed E-state index contributed by atoms with van der Waals surface area (Å²) in [5.74, 6) is 0.622. The summed E-state index contributed by atoms with van der Waals surface area (Å²) in [6.07, 6.45) is 0. The highest BCUT2D eigenvalue weighted by Crippen LogP contribution is 2.18. The van der Waals surface area contributed by atoms with E-state index in [2.05, 4.69) is 10.2 Å². The maximum Gasteiger partial charge on any atom is 0.262 e. The molecule has 2 rings (SSSR count). The van der Waals surface area contributed by atoms with Crippen molar-refractivity contribution in [3.8, 4) is 11.4 Å². The second-order valence-corrected chi connectivity index (χ2v) is 4.88. The molecular weight excluding hydrogens is 260 g/mol. The molecule has 2 aromatic heterocycles. The largest absolute Gasteiger partial charge is 0.313 e. The van der Waals surface area contributed by atoms with Crippen LogP contribution in [0.2, 0.25) is 0 Å². The maximum atomic E-state index is 12.6. The minimum Gasteiger partial charge on any atom is -0.313 e. The maximum absolute atomic E-state index is 12.6. The smallest absolute Gasteiger partial charge is 0.262 e. The number of aromatic amines is 1. The molecule has 0 aromatic carbocycles. The zero-order valence-corrected chi connectivity index (χ0v) is 12.5. The molecule has 19 heavy (non-hydrogen) atoms. The van der Waals surface area contributed by atoms with Gasteiger partial charge >= 0.3 is 0 Å². The van der Waals surface area contributed by atoms with Crippen molar-refractivity contribution in [1.29, 1.82) is 0 Å². The van der Waals surface area contributed by atoms with E-state index in [1.165, 1.54) is 0 Å². The lowest BCUT2D eigenvalue weighted by atomic mass is 10.1. The van der Waals surface area contributed by atoms with Crippen molar-refractivity contribution < 1.29 is 0 Å². The first-order valence-electron chi connectivity index (χ1n) is 6.37. The van der Waals surface area contributed by atoms with Crippen molar-refractivity contribution >= 4 is 12.2 Å². The summed E-state index contributed by atoms with van der Waals surface area (Å²) in [4.78, 5) is 12.6. The molecule has 0 unspecified atom stereocenters. The number of hydrogen-bond donors (Lipinski definition) is 1. The van der Waals surface area contributed by atoms with E-state index in [1.807, 2.05) is 38.3 Å². The summed E-state index contributed by atoms with van der Waals surface area (Å²) in [5.41, 5.74) is 2.51. The van der Waals surface area contributed by atoms with Gasteiger partial charge in [0.25, 0.3) is 5.56 Å². The third-order valence-corrected chi connectivity index (χ3v) is 3.63. The predicted octanol–water partition coefficient (Wildman–Crippen LogP) is 2.43. The zero-order valence-electron chi connectivity index (χ0n) is 11.6. The van der Waals surface area contributed by atoms with Gasteiger partial charge in [-0.15, -0.1) is 0 Å². The summed E-state index contributed by atoms with van der Waals surface area (Å²) >= 11 is 5.18. The van der Waals surface area contributed by atoms with Crippen LogP contribution in [0.5, 0.6) is 0 Å². The molecule has 0 saturated carbocycles. The molecule has 2 heterocycles. The van der Waals surface area contributed by atoms with Gasteiger partial charge in [0.05, 0.1) is 5.56 Å². The fourth-order valence-electron chi connectivity index (χ4n) is 2.39. The molecule has 2 aromatic rings. The van der Waals surface area contributed by atoms with Crippen molar-refractivity contribution in [3.63, 3.8) is 0 Å². The van der Waals surface area contributed by atoms with Crippen molar-refractivity contribution in [2.24, 2.45) is 0 Å². The van der Waals surface area contributed by atoms with Gasteiger partial charge < -0.3 is 9.13 Å². The van der Waals surface area contributed by atoms with Crippen LogP contribution < -0.4 is 5.56 Å². The summed E-state index contributed by atoms with van der Waals surface area (Å²) in [5, 5.41) is 6.98. The zero-order chi connectivity index (χ0) is 14.2. The van der Waals surface area contributed by atoms with Gasteiger partial charge in [0.1, 0.15) is 0 Å². The predicted molar refractivity (Wildman–Crippen MR) is 77.9 cm³/mol. The molecule has 0 aliphatic rings. The number of aromatic nitrogens is 4. The van der Waals surface area contributed by atoms with Gasteiger partial charge in [0, 0.05) is 18.8 Å². The molecule has 0 amide bonds. The molecule has 0 spiro atoms. The molecule has 5 nitrogen and oxygen atoms in total. The second kappa shape index (κ2) is 5.13. The van der Waals surface area contributed by atoms with Gasteiger partial charge in [0.15, 0.2) is 10.6 Å². The average Bonchev–Trinajstić information content (AvgIpc) is 2.70. The van der Waals surface area contributed by atoms with Crippen LogP contribution in [0.1, 0.15) is 25.1 Å². The number of hydrogen-bond acceptors (Lipinski definition) is 3. The van der Waals surface area contributed by atoms with E-state index in [0.29, 0.717) is 29.2 Å². The quantitative estimate of drug-likeness (QED) is 0.877. The Morgan fingerprint density at radius 2 is 1.89 bits per heavy atom. The van der Waals surface area contributed by atoms with E-state index in [4.69, 9.17) is 12.2 Å². The number of pyridine rings is 1. The first-order chi connectivity index (χ1) is 9.01. The monoisotopic (exact) mass is 278 g/mol. The molecular formula is C13H18N4OS. The van der Waals surface area contributed by atoms with Crippen LogP contribution in [0.3, 0.4) is 0 Å². The third kappa shape index (κ3) is 2.16. The summed E-state index contributed by atoms with van der Waals surface area (Å²) in [6.45, 7) is 9.15. The van der Waals surface area contributed by atoms with Crippen LogP contribution in [0.25, 0.3) is 11.4 Å². The molecule has 0 fully saturated rings. The van der Waals surface area contributed by atoms with E-state index in [1.54, 1.807) is 4.57 Å². The first-order valence-corrected chi connectivity index (χ1v) is 6.78. The molecule has 0 aliphatic heterocycles. The van der Waals surface area contributed by atoms with Crippen LogP contribution in [-0.4, -0.2) is 19.3 Å². The van der Waals surface area contributed by atoms with E-state index in [-0.39, 0.29) is 5.56 Å².